The molecule has 2 fully saturated rings. The van der Waals surface area contributed by atoms with Crippen molar-refractivity contribution in [3.63, 3.8) is 0 Å². The van der Waals surface area contributed by atoms with Gasteiger partial charge in [-0.15, -0.1) is 0 Å². The van der Waals surface area contributed by atoms with Gasteiger partial charge in [0.1, 0.15) is 5.75 Å². The summed E-state index contributed by atoms with van der Waals surface area (Å²) in [4.78, 5) is 27.7. The summed E-state index contributed by atoms with van der Waals surface area (Å²) in [6, 6.07) is 13.9. The summed E-state index contributed by atoms with van der Waals surface area (Å²) in [5.74, 6) is 0.284. The predicted octanol–water partition coefficient (Wildman–Crippen LogP) is 3.40. The van der Waals surface area contributed by atoms with Gasteiger partial charge in [0.25, 0.3) is 0 Å². The summed E-state index contributed by atoms with van der Waals surface area (Å²) < 4.78 is 33.0. The second-order valence-electron chi connectivity index (χ2n) is 9.16. The van der Waals surface area contributed by atoms with E-state index >= 15 is 0 Å². The van der Waals surface area contributed by atoms with Gasteiger partial charge in [-0.1, -0.05) is 36.8 Å². The van der Waals surface area contributed by atoms with Crippen molar-refractivity contribution in [2.45, 2.75) is 37.0 Å². The molecular weight excluding hydrogens is 466 g/mol. The number of amides is 1. The molecule has 0 aromatic heterocycles. The number of rotatable bonds is 8. The maximum atomic E-state index is 13.1. The van der Waals surface area contributed by atoms with Crippen LogP contribution in [0.3, 0.4) is 0 Å². The zero-order chi connectivity index (χ0) is 24.8. The van der Waals surface area contributed by atoms with E-state index in [1.54, 1.807) is 6.07 Å². The van der Waals surface area contributed by atoms with Gasteiger partial charge in [-0.3, -0.25) is 14.5 Å². The van der Waals surface area contributed by atoms with Gasteiger partial charge >= 0.3 is 0 Å². The maximum absolute atomic E-state index is 13.1. The number of nitrogens with one attached hydrogen (secondary N) is 1. The Bertz CT molecular complexity index is 1140. The molecule has 0 unspecified atom stereocenters. The van der Waals surface area contributed by atoms with Crippen LogP contribution in [0.5, 0.6) is 5.75 Å². The van der Waals surface area contributed by atoms with Crippen molar-refractivity contribution in [2.75, 3.05) is 45.2 Å². The van der Waals surface area contributed by atoms with Crippen LogP contribution in [0.4, 0.5) is 5.69 Å². The monoisotopic (exact) mass is 499 g/mol. The Labute approximate surface area is 207 Å². The number of ketones is 1. The quantitative estimate of drug-likeness (QED) is 0.560. The number of sulfonamides is 1. The third-order valence-corrected chi connectivity index (χ3v) is 8.68. The minimum Gasteiger partial charge on any atom is -0.495 e. The van der Waals surface area contributed by atoms with Gasteiger partial charge < -0.3 is 10.1 Å². The van der Waals surface area contributed by atoms with Crippen molar-refractivity contribution in [1.29, 1.82) is 0 Å². The molecule has 9 heteroatoms. The van der Waals surface area contributed by atoms with Gasteiger partial charge in [0, 0.05) is 24.6 Å². The van der Waals surface area contributed by atoms with Crippen molar-refractivity contribution >= 4 is 27.4 Å². The van der Waals surface area contributed by atoms with Crippen LogP contribution in [0.15, 0.2) is 53.4 Å². The van der Waals surface area contributed by atoms with E-state index in [1.807, 2.05) is 35.2 Å². The summed E-state index contributed by atoms with van der Waals surface area (Å²) >= 11 is 0. The van der Waals surface area contributed by atoms with E-state index in [0.29, 0.717) is 50.5 Å². The fourth-order valence-electron chi connectivity index (χ4n) is 4.78. The number of carbonyl (C=O) groups excluding carboxylic acids is 2. The number of nitrogens with zero attached hydrogens (tertiary/aromatic N) is 2. The minimum absolute atomic E-state index is 0.0338. The first-order valence-corrected chi connectivity index (χ1v) is 13.6. The molecule has 0 saturated carbocycles. The van der Waals surface area contributed by atoms with Crippen LogP contribution in [-0.2, 0) is 14.8 Å². The topological polar surface area (TPSA) is 96.0 Å². The Kier molecular flexibility index (Phi) is 8.20. The highest BCUT2D eigenvalue weighted by atomic mass is 32.2. The number of ether oxygens (including phenoxy) is 1. The van der Waals surface area contributed by atoms with Crippen molar-refractivity contribution in [2.24, 2.45) is 5.92 Å². The largest absolute Gasteiger partial charge is 0.495 e. The highest BCUT2D eigenvalue weighted by Gasteiger charge is 2.28. The fraction of sp³-hybridized carbons (Fsp3) is 0.462. The highest BCUT2D eigenvalue weighted by molar-refractivity contribution is 7.89. The van der Waals surface area contributed by atoms with Gasteiger partial charge in [-0.2, -0.15) is 4.31 Å². The van der Waals surface area contributed by atoms with Gasteiger partial charge in [-0.25, -0.2) is 8.42 Å². The second kappa shape index (κ2) is 11.3. The molecule has 8 nitrogen and oxygen atoms in total. The van der Waals surface area contributed by atoms with Gasteiger partial charge in [0.2, 0.25) is 15.9 Å². The minimum atomic E-state index is -3.63. The number of Topliss-reactive ketones (excluding diaryl/α,β-unsaturated/α-hetero) is 1. The number of benzene rings is 2. The van der Waals surface area contributed by atoms with Gasteiger partial charge in [0.15, 0.2) is 5.78 Å². The molecule has 0 radical (unpaired) electrons. The molecule has 2 saturated heterocycles. The van der Waals surface area contributed by atoms with Crippen LogP contribution < -0.4 is 10.1 Å². The van der Waals surface area contributed by atoms with E-state index in [4.69, 9.17) is 4.74 Å². The highest BCUT2D eigenvalue weighted by Crippen LogP contribution is 2.30. The molecule has 2 aromatic carbocycles. The fourth-order valence-corrected chi connectivity index (χ4v) is 6.33. The Morgan fingerprint density at radius 1 is 0.971 bits per heavy atom. The van der Waals surface area contributed by atoms with E-state index in [1.165, 1.54) is 23.5 Å². The van der Waals surface area contributed by atoms with Crippen molar-refractivity contribution in [1.82, 2.24) is 9.21 Å². The van der Waals surface area contributed by atoms with Crippen LogP contribution in [0, 0.1) is 5.92 Å². The van der Waals surface area contributed by atoms with Crippen LogP contribution >= 0.6 is 0 Å². The van der Waals surface area contributed by atoms with E-state index in [-0.39, 0.29) is 29.0 Å². The molecule has 0 bridgehead atoms. The zero-order valence-electron chi connectivity index (χ0n) is 20.1. The summed E-state index contributed by atoms with van der Waals surface area (Å²) in [5.41, 5.74) is 1.07. The molecule has 0 aliphatic carbocycles. The lowest BCUT2D eigenvalue weighted by Gasteiger charge is -2.30. The summed E-state index contributed by atoms with van der Waals surface area (Å²) in [5, 5.41) is 2.83. The van der Waals surface area contributed by atoms with Gasteiger partial charge in [0.05, 0.1) is 24.2 Å². The number of carbonyl (C=O) groups is 2. The molecule has 1 N–H and O–H groups in total. The predicted molar refractivity (Wildman–Crippen MR) is 134 cm³/mol. The molecule has 4 rings (SSSR count). The first-order valence-electron chi connectivity index (χ1n) is 12.2. The summed E-state index contributed by atoms with van der Waals surface area (Å²) in [6.07, 6.45) is 4.15. The van der Waals surface area contributed by atoms with Crippen LogP contribution in [-0.4, -0.2) is 69.1 Å². The summed E-state index contributed by atoms with van der Waals surface area (Å²) in [7, 11) is -2.14. The van der Waals surface area contributed by atoms with E-state index in [0.717, 1.165) is 24.8 Å². The van der Waals surface area contributed by atoms with Crippen molar-refractivity contribution in [3.8, 4) is 5.75 Å². The van der Waals surface area contributed by atoms with Crippen LogP contribution in [0.25, 0.3) is 0 Å². The smallest absolute Gasteiger partial charge is 0.243 e. The standard InChI is InChI=1S/C26H33N3O5S/c1-34-24-11-10-22(35(32,33)29-14-6-3-7-15-29)18-23(24)27-25(30)19-28-16-12-21(13-17-28)26(31)20-8-4-2-5-9-20/h2,4-5,8-11,18,21H,3,6-7,12-17,19H2,1H3,(H,27,30). The molecule has 188 valence electrons. The van der Waals surface area contributed by atoms with E-state index in [9.17, 15) is 18.0 Å². The van der Waals surface area contributed by atoms with Gasteiger partial charge in [-0.05, 0) is 57.0 Å². The Morgan fingerprint density at radius 3 is 2.31 bits per heavy atom. The lowest BCUT2D eigenvalue weighted by molar-refractivity contribution is -0.117. The third-order valence-electron chi connectivity index (χ3n) is 6.78. The summed E-state index contributed by atoms with van der Waals surface area (Å²) in [6.45, 7) is 2.49. The van der Waals surface area contributed by atoms with Crippen LogP contribution in [0.1, 0.15) is 42.5 Å². The Morgan fingerprint density at radius 2 is 1.66 bits per heavy atom. The SMILES string of the molecule is COc1ccc(S(=O)(=O)N2CCCCC2)cc1NC(=O)CN1CCC(C(=O)c2ccccc2)CC1. The maximum Gasteiger partial charge on any atom is 0.243 e. The normalized spacial score (nSPS) is 18.2. The molecule has 2 aliphatic heterocycles. The second-order valence-corrected chi connectivity index (χ2v) is 11.1. The molecule has 0 atom stereocenters. The number of anilines is 1. The number of hydrogen-bond acceptors (Lipinski definition) is 6. The molecule has 1 amide bonds. The van der Waals surface area contributed by atoms with Crippen molar-refractivity contribution < 1.29 is 22.7 Å². The van der Waals surface area contributed by atoms with Crippen LogP contribution in [0.2, 0.25) is 0 Å². The average molecular weight is 500 g/mol. The number of likely N-dealkylation sites (tertiary alicyclic amines) is 1. The first kappa shape index (κ1) is 25.3. The molecule has 35 heavy (non-hydrogen) atoms. The molecular formula is C26H33N3O5S. The first-order chi connectivity index (χ1) is 16.9. The molecule has 2 aliphatic rings. The molecule has 2 heterocycles. The number of methoxy groups -OCH3 is 1. The number of hydrogen-bond donors (Lipinski definition) is 1. The molecule has 2 aromatic rings. The van der Waals surface area contributed by atoms with E-state index < -0.39 is 10.0 Å². The lowest BCUT2D eigenvalue weighted by atomic mass is 9.89. The lowest BCUT2D eigenvalue weighted by Crippen LogP contribution is -2.40. The molecule has 0 spiro atoms. The Hall–Kier alpha value is -2.75. The Balaban J connectivity index is 1.36. The van der Waals surface area contributed by atoms with Crippen molar-refractivity contribution in [3.05, 3.63) is 54.1 Å². The third kappa shape index (κ3) is 6.09. The average Bonchev–Trinajstić information content (AvgIpc) is 2.89. The number of piperidine rings is 2. The zero-order valence-corrected chi connectivity index (χ0v) is 20.9. The van der Waals surface area contributed by atoms with E-state index in [2.05, 4.69) is 5.32 Å².